The lowest BCUT2D eigenvalue weighted by Crippen LogP contribution is -2.61. The Morgan fingerprint density at radius 2 is 0.881 bits per heavy atom. The summed E-state index contributed by atoms with van der Waals surface area (Å²) in [4.78, 5) is 12.1. The van der Waals surface area contributed by atoms with Gasteiger partial charge < -0.3 is 64.2 Å². The monoisotopic (exact) mass is 851 g/mol. The average Bonchev–Trinajstić information content (AvgIpc) is 3.24. The normalized spacial score (nSPS) is 27.9. The van der Waals surface area contributed by atoms with Crippen LogP contribution in [0.1, 0.15) is 181 Å². The van der Waals surface area contributed by atoms with Gasteiger partial charge in [0.25, 0.3) is 0 Å². The molecule has 0 aliphatic carbocycles. The lowest BCUT2D eigenvalue weighted by atomic mass is 9.98. The van der Waals surface area contributed by atoms with Crippen LogP contribution in [0.2, 0.25) is 0 Å². The molecule has 2 rings (SSSR count). The topological polar surface area (TPSA) is 214 Å². The Bertz CT molecular complexity index is 990. The Hall–Kier alpha value is -1.01. The van der Waals surface area contributed by atoms with Gasteiger partial charge in [-0.25, -0.2) is 0 Å². The fourth-order valence-corrected chi connectivity index (χ4v) is 7.73. The molecule has 0 aromatic heterocycles. The van der Waals surface area contributed by atoms with E-state index < -0.39 is 86.7 Å². The smallest absolute Gasteiger partial charge is 0.305 e. The summed E-state index contributed by atoms with van der Waals surface area (Å²) >= 11 is 0. The molecule has 0 aromatic rings. The van der Waals surface area contributed by atoms with E-state index in [1.807, 2.05) is 0 Å². The molecule has 350 valence electrons. The second-order valence-corrected chi connectivity index (χ2v) is 16.9. The van der Waals surface area contributed by atoms with Gasteiger partial charge in [0.1, 0.15) is 54.9 Å². The molecule has 0 bridgehead atoms. The summed E-state index contributed by atoms with van der Waals surface area (Å²) in [7, 11) is 0. The van der Waals surface area contributed by atoms with Crippen molar-refractivity contribution >= 4 is 5.97 Å². The van der Waals surface area contributed by atoms with Crippen LogP contribution in [0.4, 0.5) is 0 Å². The third-order valence-corrected chi connectivity index (χ3v) is 11.7. The number of hydrogen-bond donors (Lipinski definition) is 7. The molecule has 14 heteroatoms. The van der Waals surface area contributed by atoms with Gasteiger partial charge in [-0.15, -0.1) is 0 Å². The van der Waals surface area contributed by atoms with E-state index in [4.69, 9.17) is 28.4 Å². The van der Waals surface area contributed by atoms with Crippen LogP contribution in [0.15, 0.2) is 0 Å². The zero-order valence-electron chi connectivity index (χ0n) is 36.8. The van der Waals surface area contributed by atoms with Gasteiger partial charge in [-0.2, -0.15) is 0 Å². The summed E-state index contributed by atoms with van der Waals surface area (Å²) in [6.45, 7) is 3.13. The van der Waals surface area contributed by atoms with Crippen LogP contribution >= 0.6 is 0 Å². The second-order valence-electron chi connectivity index (χ2n) is 16.9. The van der Waals surface area contributed by atoms with Crippen LogP contribution in [-0.4, -0.2) is 142 Å². The van der Waals surface area contributed by atoms with Gasteiger partial charge >= 0.3 is 5.97 Å². The van der Waals surface area contributed by atoms with Crippen molar-refractivity contribution in [3.8, 4) is 0 Å². The Balaban J connectivity index is 1.49. The first-order chi connectivity index (χ1) is 28.6. The van der Waals surface area contributed by atoms with Crippen molar-refractivity contribution in [3.05, 3.63) is 0 Å². The summed E-state index contributed by atoms with van der Waals surface area (Å²) in [6.07, 6.45) is 17.5. The minimum absolute atomic E-state index is 0.0583. The van der Waals surface area contributed by atoms with E-state index >= 15 is 0 Å². The first-order valence-electron chi connectivity index (χ1n) is 23.6. The first-order valence-corrected chi connectivity index (χ1v) is 23.6. The number of carbonyl (C=O) groups is 1. The number of aliphatic hydroxyl groups excluding tert-OH is 7. The molecule has 0 amide bonds. The maximum atomic E-state index is 12.1. The number of esters is 1. The van der Waals surface area contributed by atoms with Gasteiger partial charge in [0.05, 0.1) is 26.4 Å². The zero-order chi connectivity index (χ0) is 43.1. The lowest BCUT2D eigenvalue weighted by molar-refractivity contribution is -0.332. The van der Waals surface area contributed by atoms with Crippen molar-refractivity contribution < 1.29 is 69.0 Å². The molecule has 2 fully saturated rings. The van der Waals surface area contributed by atoms with Crippen molar-refractivity contribution in [3.63, 3.8) is 0 Å². The first kappa shape index (κ1) is 54.1. The summed E-state index contributed by atoms with van der Waals surface area (Å²) in [5, 5.41) is 71.2. The third kappa shape index (κ3) is 23.3. The quantitative estimate of drug-likeness (QED) is 0.0294. The van der Waals surface area contributed by atoms with E-state index in [1.54, 1.807) is 6.92 Å². The van der Waals surface area contributed by atoms with Crippen molar-refractivity contribution in [2.24, 2.45) is 0 Å². The number of carbonyl (C=O) groups excluding carboxylic acids is 1. The number of hydrogen-bond acceptors (Lipinski definition) is 14. The van der Waals surface area contributed by atoms with E-state index in [0.717, 1.165) is 19.3 Å². The van der Waals surface area contributed by atoms with Crippen LogP contribution in [0.3, 0.4) is 0 Å². The molecule has 0 radical (unpaired) electrons. The molecule has 2 aliphatic rings. The van der Waals surface area contributed by atoms with Gasteiger partial charge in [0, 0.05) is 13.0 Å². The summed E-state index contributed by atoms with van der Waals surface area (Å²) in [5.41, 5.74) is 0. The van der Waals surface area contributed by atoms with E-state index in [-0.39, 0.29) is 19.6 Å². The predicted octanol–water partition coefficient (Wildman–Crippen LogP) is 5.74. The van der Waals surface area contributed by atoms with Crippen LogP contribution in [0.25, 0.3) is 0 Å². The van der Waals surface area contributed by atoms with Crippen LogP contribution < -0.4 is 0 Å². The molecule has 7 N–H and O–H groups in total. The minimum Gasteiger partial charge on any atom is -0.457 e. The SMILES string of the molecule is CCCCCCCCCCCCCCCCCCCCCCCCCCCOCC(COC1OC(COC2OC(CO)C(O)C(O)C2O)C(O)C(O)C1O)OC(=O)CC. The molecule has 2 aliphatic heterocycles. The van der Waals surface area contributed by atoms with Gasteiger partial charge in [-0.3, -0.25) is 4.79 Å². The van der Waals surface area contributed by atoms with Gasteiger partial charge in [-0.1, -0.05) is 168 Å². The summed E-state index contributed by atoms with van der Waals surface area (Å²) in [5.74, 6) is -0.460. The van der Waals surface area contributed by atoms with Crippen molar-refractivity contribution in [2.75, 3.05) is 33.0 Å². The number of unbranched alkanes of at least 4 members (excludes halogenated alkanes) is 24. The van der Waals surface area contributed by atoms with Gasteiger partial charge in [0.15, 0.2) is 12.6 Å². The van der Waals surface area contributed by atoms with Crippen molar-refractivity contribution in [1.82, 2.24) is 0 Å². The Kier molecular flexibility index (Phi) is 31.6. The van der Waals surface area contributed by atoms with Gasteiger partial charge in [0.2, 0.25) is 0 Å². The number of aliphatic hydroxyl groups is 7. The molecule has 2 saturated heterocycles. The molecule has 0 aromatic carbocycles. The van der Waals surface area contributed by atoms with Gasteiger partial charge in [-0.05, 0) is 6.42 Å². The highest BCUT2D eigenvalue weighted by atomic mass is 16.7. The lowest BCUT2D eigenvalue weighted by Gasteiger charge is -2.42. The minimum atomic E-state index is -1.70. The molecule has 0 saturated carbocycles. The Morgan fingerprint density at radius 3 is 1.31 bits per heavy atom. The third-order valence-electron chi connectivity index (χ3n) is 11.7. The highest BCUT2D eigenvalue weighted by Gasteiger charge is 2.47. The molecule has 59 heavy (non-hydrogen) atoms. The largest absolute Gasteiger partial charge is 0.457 e. The maximum absolute atomic E-state index is 12.1. The standard InChI is InChI=1S/C45H86O14/c1-3-5-6-7-8-9-10-11-12-13-14-15-16-17-18-19-20-21-22-23-24-25-26-27-28-29-54-31-34(57-37(47)4-2)32-55-44-43(53)41(51)39(49)36(59-44)33-56-45-42(52)40(50)38(48)35(30-46)58-45/h34-36,38-46,48-53H,3-33H2,1-2H3. The van der Waals surface area contributed by atoms with Crippen LogP contribution in [-0.2, 0) is 33.2 Å². The van der Waals surface area contributed by atoms with Crippen LogP contribution in [0, 0.1) is 0 Å². The number of rotatable bonds is 37. The maximum Gasteiger partial charge on any atom is 0.305 e. The molecule has 0 spiro atoms. The fraction of sp³-hybridized carbons (Fsp3) is 0.978. The second kappa shape index (κ2) is 34.5. The fourth-order valence-electron chi connectivity index (χ4n) is 7.73. The van der Waals surface area contributed by atoms with E-state index in [9.17, 15) is 40.5 Å². The molecular formula is C45H86O14. The average molecular weight is 851 g/mol. The van der Waals surface area contributed by atoms with Crippen molar-refractivity contribution in [2.45, 2.75) is 248 Å². The van der Waals surface area contributed by atoms with E-state index in [1.165, 1.54) is 141 Å². The highest BCUT2D eigenvalue weighted by molar-refractivity contribution is 5.69. The van der Waals surface area contributed by atoms with Crippen molar-refractivity contribution in [1.29, 1.82) is 0 Å². The Labute approximate surface area is 355 Å². The highest BCUT2D eigenvalue weighted by Crippen LogP contribution is 2.26. The molecular weight excluding hydrogens is 764 g/mol. The predicted molar refractivity (Wildman–Crippen MR) is 224 cm³/mol. The van der Waals surface area contributed by atoms with Crippen LogP contribution in [0.5, 0.6) is 0 Å². The summed E-state index contributed by atoms with van der Waals surface area (Å²) in [6, 6.07) is 0. The molecule has 2 heterocycles. The molecule has 14 nitrogen and oxygen atoms in total. The number of ether oxygens (including phenoxy) is 6. The molecule has 11 unspecified atom stereocenters. The van der Waals surface area contributed by atoms with E-state index in [0.29, 0.717) is 6.61 Å². The summed E-state index contributed by atoms with van der Waals surface area (Å²) < 4.78 is 33.4. The van der Waals surface area contributed by atoms with E-state index in [2.05, 4.69) is 6.92 Å². The Morgan fingerprint density at radius 1 is 0.492 bits per heavy atom. The molecule has 11 atom stereocenters. The zero-order valence-corrected chi connectivity index (χ0v) is 36.8.